The number of hydrogen-bond acceptors (Lipinski definition) is 5. The molecule has 0 aromatic carbocycles. The first-order valence-corrected chi connectivity index (χ1v) is 7.09. The van der Waals surface area contributed by atoms with Crippen molar-refractivity contribution in [3.63, 3.8) is 0 Å². The van der Waals surface area contributed by atoms with Crippen LogP contribution in [0.25, 0.3) is 0 Å². The SMILES string of the molecule is CCN(C)c1ccnc(N2CCC[C@](O)(CC)C2)n1. The lowest BCUT2D eigenvalue weighted by molar-refractivity contribution is 0.0219. The lowest BCUT2D eigenvalue weighted by atomic mass is 9.90. The van der Waals surface area contributed by atoms with E-state index in [0.29, 0.717) is 6.54 Å². The molecule has 0 amide bonds. The molecule has 1 aromatic heterocycles. The number of β-amino-alcohol motifs (C(OH)–C–C–N with tert-alkyl or cyclic N) is 1. The molecule has 5 nitrogen and oxygen atoms in total. The summed E-state index contributed by atoms with van der Waals surface area (Å²) < 4.78 is 0. The predicted octanol–water partition coefficient (Wildman–Crippen LogP) is 1.67. The van der Waals surface area contributed by atoms with Crippen LogP contribution in [0.1, 0.15) is 33.1 Å². The average Bonchev–Trinajstić information content (AvgIpc) is 2.46. The molecule has 106 valence electrons. The fourth-order valence-electron chi connectivity index (χ4n) is 2.44. The van der Waals surface area contributed by atoms with Gasteiger partial charge in [0, 0.05) is 32.9 Å². The van der Waals surface area contributed by atoms with Gasteiger partial charge in [0.05, 0.1) is 5.60 Å². The Labute approximate surface area is 115 Å². The fourth-order valence-corrected chi connectivity index (χ4v) is 2.44. The Morgan fingerprint density at radius 2 is 2.26 bits per heavy atom. The molecule has 1 aliphatic rings. The van der Waals surface area contributed by atoms with Gasteiger partial charge in [0.1, 0.15) is 5.82 Å². The number of rotatable bonds is 4. The Kier molecular flexibility index (Phi) is 4.24. The molecule has 1 saturated heterocycles. The molecule has 0 saturated carbocycles. The molecule has 1 aromatic rings. The van der Waals surface area contributed by atoms with E-state index in [1.54, 1.807) is 6.20 Å². The van der Waals surface area contributed by atoms with E-state index in [9.17, 15) is 5.11 Å². The van der Waals surface area contributed by atoms with Crippen molar-refractivity contribution in [2.75, 3.05) is 36.5 Å². The fraction of sp³-hybridized carbons (Fsp3) is 0.714. The summed E-state index contributed by atoms with van der Waals surface area (Å²) in [6.45, 7) is 6.59. The van der Waals surface area contributed by atoms with Gasteiger partial charge >= 0.3 is 0 Å². The van der Waals surface area contributed by atoms with Crippen molar-refractivity contribution in [1.82, 2.24) is 9.97 Å². The summed E-state index contributed by atoms with van der Waals surface area (Å²) in [4.78, 5) is 13.1. The maximum absolute atomic E-state index is 10.4. The number of aliphatic hydroxyl groups is 1. The Hall–Kier alpha value is -1.36. The van der Waals surface area contributed by atoms with Crippen molar-refractivity contribution in [3.05, 3.63) is 12.3 Å². The van der Waals surface area contributed by atoms with Crippen LogP contribution in [0, 0.1) is 0 Å². The summed E-state index contributed by atoms with van der Waals surface area (Å²) >= 11 is 0. The molecule has 2 rings (SSSR count). The molecule has 2 heterocycles. The molecule has 0 aliphatic carbocycles. The molecular weight excluding hydrogens is 240 g/mol. The molecule has 1 aliphatic heterocycles. The molecule has 0 spiro atoms. The van der Waals surface area contributed by atoms with Crippen LogP contribution in [-0.4, -0.2) is 47.4 Å². The van der Waals surface area contributed by atoms with Gasteiger partial charge in [-0.05, 0) is 32.3 Å². The highest BCUT2D eigenvalue weighted by atomic mass is 16.3. The van der Waals surface area contributed by atoms with E-state index in [-0.39, 0.29) is 0 Å². The Balaban J connectivity index is 2.17. The van der Waals surface area contributed by atoms with Crippen molar-refractivity contribution in [3.8, 4) is 0 Å². The van der Waals surface area contributed by atoms with Gasteiger partial charge in [-0.1, -0.05) is 6.92 Å². The molecule has 1 atom stereocenters. The zero-order valence-electron chi connectivity index (χ0n) is 12.1. The van der Waals surface area contributed by atoms with E-state index < -0.39 is 5.60 Å². The summed E-state index contributed by atoms with van der Waals surface area (Å²) in [6, 6.07) is 1.92. The highest BCUT2D eigenvalue weighted by Crippen LogP contribution is 2.26. The van der Waals surface area contributed by atoms with Gasteiger partial charge in [0.25, 0.3) is 0 Å². The molecule has 0 radical (unpaired) electrons. The topological polar surface area (TPSA) is 52.5 Å². The largest absolute Gasteiger partial charge is 0.388 e. The molecule has 1 fully saturated rings. The zero-order valence-corrected chi connectivity index (χ0v) is 12.1. The first kappa shape index (κ1) is 14.1. The first-order chi connectivity index (χ1) is 9.08. The molecule has 1 N–H and O–H groups in total. The molecule has 19 heavy (non-hydrogen) atoms. The molecular formula is C14H24N4O. The van der Waals surface area contributed by atoms with Crippen molar-refractivity contribution in [2.45, 2.75) is 38.7 Å². The normalized spacial score (nSPS) is 23.5. The summed E-state index contributed by atoms with van der Waals surface area (Å²) in [5.41, 5.74) is -0.589. The minimum atomic E-state index is -0.589. The second-order valence-corrected chi connectivity index (χ2v) is 5.33. The third kappa shape index (κ3) is 3.15. The Morgan fingerprint density at radius 1 is 1.47 bits per heavy atom. The second kappa shape index (κ2) is 5.74. The van der Waals surface area contributed by atoms with Gasteiger partial charge in [-0.3, -0.25) is 0 Å². The predicted molar refractivity (Wildman–Crippen MR) is 77.7 cm³/mol. The number of hydrogen-bond donors (Lipinski definition) is 1. The zero-order chi connectivity index (χ0) is 13.9. The summed E-state index contributed by atoms with van der Waals surface area (Å²) in [6.07, 6.45) is 4.43. The van der Waals surface area contributed by atoms with E-state index in [0.717, 1.165) is 44.1 Å². The van der Waals surface area contributed by atoms with Crippen LogP contribution in [-0.2, 0) is 0 Å². The standard InChI is InChI=1S/C14H24N4O/c1-4-14(19)8-6-10-18(11-14)13-15-9-7-12(16-13)17(3)5-2/h7,9,19H,4-6,8,10-11H2,1-3H3/t14-/m1/s1. The lowest BCUT2D eigenvalue weighted by Crippen LogP contribution is -2.48. The minimum absolute atomic E-state index is 0.589. The lowest BCUT2D eigenvalue weighted by Gasteiger charge is -2.38. The average molecular weight is 264 g/mol. The van der Waals surface area contributed by atoms with Gasteiger partial charge in [-0.25, -0.2) is 4.98 Å². The van der Waals surface area contributed by atoms with E-state index in [4.69, 9.17) is 0 Å². The van der Waals surface area contributed by atoms with Crippen LogP contribution >= 0.6 is 0 Å². The van der Waals surface area contributed by atoms with Crippen molar-refractivity contribution in [2.24, 2.45) is 0 Å². The van der Waals surface area contributed by atoms with E-state index in [1.807, 2.05) is 20.0 Å². The van der Waals surface area contributed by atoms with Crippen LogP contribution in [0.15, 0.2) is 12.3 Å². The molecule has 0 unspecified atom stereocenters. The van der Waals surface area contributed by atoms with Gasteiger partial charge in [-0.2, -0.15) is 4.98 Å². The van der Waals surface area contributed by atoms with Crippen LogP contribution in [0.2, 0.25) is 0 Å². The minimum Gasteiger partial charge on any atom is -0.388 e. The van der Waals surface area contributed by atoms with E-state index in [2.05, 4.69) is 26.7 Å². The van der Waals surface area contributed by atoms with Gasteiger partial charge in [0.2, 0.25) is 5.95 Å². The van der Waals surface area contributed by atoms with Crippen molar-refractivity contribution < 1.29 is 5.11 Å². The third-order valence-corrected chi connectivity index (χ3v) is 3.99. The highest BCUT2D eigenvalue weighted by Gasteiger charge is 2.32. The first-order valence-electron chi connectivity index (χ1n) is 7.09. The van der Waals surface area contributed by atoms with Crippen LogP contribution in [0.4, 0.5) is 11.8 Å². The van der Waals surface area contributed by atoms with E-state index >= 15 is 0 Å². The van der Waals surface area contributed by atoms with Crippen LogP contribution < -0.4 is 9.80 Å². The summed E-state index contributed by atoms with van der Waals surface area (Å²) in [5.74, 6) is 1.66. The van der Waals surface area contributed by atoms with Gasteiger partial charge < -0.3 is 14.9 Å². The number of anilines is 2. The Morgan fingerprint density at radius 3 is 2.95 bits per heavy atom. The number of nitrogens with zero attached hydrogens (tertiary/aromatic N) is 4. The maximum atomic E-state index is 10.4. The molecule has 5 heteroatoms. The number of piperidine rings is 1. The summed E-state index contributed by atoms with van der Waals surface area (Å²) in [7, 11) is 2.02. The number of aromatic nitrogens is 2. The van der Waals surface area contributed by atoms with Crippen LogP contribution in [0.5, 0.6) is 0 Å². The Bertz CT molecular complexity index is 426. The van der Waals surface area contributed by atoms with Crippen molar-refractivity contribution in [1.29, 1.82) is 0 Å². The maximum Gasteiger partial charge on any atom is 0.227 e. The summed E-state index contributed by atoms with van der Waals surface area (Å²) in [5, 5.41) is 10.4. The smallest absolute Gasteiger partial charge is 0.227 e. The quantitative estimate of drug-likeness (QED) is 0.896. The van der Waals surface area contributed by atoms with E-state index in [1.165, 1.54) is 0 Å². The third-order valence-electron chi connectivity index (χ3n) is 3.99. The second-order valence-electron chi connectivity index (χ2n) is 5.33. The van der Waals surface area contributed by atoms with Crippen LogP contribution in [0.3, 0.4) is 0 Å². The molecule has 0 bridgehead atoms. The monoisotopic (exact) mass is 264 g/mol. The highest BCUT2D eigenvalue weighted by molar-refractivity contribution is 5.43. The van der Waals surface area contributed by atoms with Crippen molar-refractivity contribution >= 4 is 11.8 Å². The van der Waals surface area contributed by atoms with Gasteiger partial charge in [-0.15, -0.1) is 0 Å². The van der Waals surface area contributed by atoms with Gasteiger partial charge in [0.15, 0.2) is 0 Å².